The molecule has 1 fully saturated rings. The molecule has 1 saturated heterocycles. The lowest BCUT2D eigenvalue weighted by molar-refractivity contribution is -0.146. The Labute approximate surface area is 299 Å². The lowest BCUT2D eigenvalue weighted by atomic mass is 9.98. The van der Waals surface area contributed by atoms with E-state index in [0.717, 1.165) is 23.4 Å². The molecule has 2 unspecified atom stereocenters. The second kappa shape index (κ2) is 15.9. The van der Waals surface area contributed by atoms with Crippen LogP contribution in [0.25, 0.3) is 11.1 Å². The normalized spacial score (nSPS) is 14.6. The number of rotatable bonds is 10. The molecular formula is C41H37F3N4O4. The third kappa shape index (κ3) is 8.33. The number of alkyl halides is 3. The molecule has 52 heavy (non-hydrogen) atoms. The molecule has 11 heteroatoms. The van der Waals surface area contributed by atoms with E-state index in [4.69, 9.17) is 4.74 Å². The quantitative estimate of drug-likeness (QED) is 0.146. The molecule has 2 atom stereocenters. The number of amides is 2. The van der Waals surface area contributed by atoms with E-state index < -0.39 is 29.8 Å². The molecule has 0 radical (unpaired) electrons. The molecule has 0 saturated carbocycles. The van der Waals surface area contributed by atoms with Gasteiger partial charge in [0.15, 0.2) is 6.04 Å². The van der Waals surface area contributed by atoms with Crippen LogP contribution in [0.1, 0.15) is 39.1 Å². The highest BCUT2D eigenvalue weighted by Crippen LogP contribution is 2.32. The summed E-state index contributed by atoms with van der Waals surface area (Å²) in [5.74, 6) is -1.25. The maximum Gasteiger partial charge on any atom is 0.416 e. The van der Waals surface area contributed by atoms with Crippen LogP contribution < -0.4 is 15.5 Å². The summed E-state index contributed by atoms with van der Waals surface area (Å²) in [4.78, 5) is 44.3. The van der Waals surface area contributed by atoms with Gasteiger partial charge in [-0.25, -0.2) is 4.79 Å². The molecule has 0 aromatic heterocycles. The number of halogens is 3. The number of benzene rings is 5. The monoisotopic (exact) mass is 706 g/mol. The van der Waals surface area contributed by atoms with Crippen molar-refractivity contribution in [1.29, 1.82) is 0 Å². The van der Waals surface area contributed by atoms with Crippen molar-refractivity contribution in [3.8, 4) is 11.1 Å². The summed E-state index contributed by atoms with van der Waals surface area (Å²) < 4.78 is 44.3. The summed E-state index contributed by atoms with van der Waals surface area (Å²) in [5, 5.41) is 5.84. The maximum absolute atomic E-state index is 13.9. The van der Waals surface area contributed by atoms with Crippen molar-refractivity contribution in [3.05, 3.63) is 156 Å². The molecule has 2 amide bonds. The van der Waals surface area contributed by atoms with E-state index in [1.807, 2.05) is 48.5 Å². The van der Waals surface area contributed by atoms with E-state index in [9.17, 15) is 27.6 Å². The van der Waals surface area contributed by atoms with Crippen LogP contribution in [0.2, 0.25) is 0 Å². The van der Waals surface area contributed by atoms with E-state index in [-0.39, 0.29) is 11.8 Å². The molecule has 1 heterocycles. The Morgan fingerprint density at radius 1 is 0.692 bits per heavy atom. The lowest BCUT2D eigenvalue weighted by Gasteiger charge is -2.40. The molecule has 5 aromatic carbocycles. The van der Waals surface area contributed by atoms with Crippen LogP contribution in [0.15, 0.2) is 133 Å². The smallest absolute Gasteiger partial charge is 0.416 e. The van der Waals surface area contributed by atoms with Gasteiger partial charge in [0, 0.05) is 43.1 Å². The average Bonchev–Trinajstić information content (AvgIpc) is 3.18. The van der Waals surface area contributed by atoms with Crippen LogP contribution >= 0.6 is 0 Å². The van der Waals surface area contributed by atoms with Crippen molar-refractivity contribution in [1.82, 2.24) is 10.2 Å². The highest BCUT2D eigenvalue weighted by Gasteiger charge is 2.34. The van der Waals surface area contributed by atoms with E-state index in [0.29, 0.717) is 54.1 Å². The third-order valence-electron chi connectivity index (χ3n) is 9.08. The van der Waals surface area contributed by atoms with Crippen molar-refractivity contribution in [3.63, 3.8) is 0 Å². The van der Waals surface area contributed by atoms with Gasteiger partial charge < -0.3 is 20.3 Å². The molecule has 0 aliphatic carbocycles. The molecule has 0 bridgehead atoms. The standard InChI is InChI=1S/C41H37F3N4O4/c1-52-40(51)36(29-10-4-2-5-11-29)46-39(50)37(30-12-6-3-7-13-30)48-26-24-47(25-27-48)33-22-20-32(21-23-33)45-38(49)35-15-9-8-14-34(35)28-16-18-31(19-17-28)41(42,43)44/h2-23,36-37H,24-27H2,1H3,(H,45,49)(H,46,50). The Kier molecular flexibility index (Phi) is 11.0. The van der Waals surface area contributed by atoms with Gasteiger partial charge >= 0.3 is 12.1 Å². The summed E-state index contributed by atoms with van der Waals surface area (Å²) in [5.41, 5.74) is 3.54. The Morgan fingerprint density at radius 3 is 1.87 bits per heavy atom. The van der Waals surface area contributed by atoms with Crippen LogP contribution in [-0.4, -0.2) is 56.0 Å². The number of esters is 1. The van der Waals surface area contributed by atoms with Gasteiger partial charge in [0.1, 0.15) is 6.04 Å². The SMILES string of the molecule is COC(=O)C(NC(=O)C(c1ccccc1)N1CCN(c2ccc(NC(=O)c3ccccc3-c3ccc(C(F)(F)F)cc3)cc2)CC1)c1ccccc1. The van der Waals surface area contributed by atoms with Gasteiger partial charge in [-0.15, -0.1) is 0 Å². The predicted molar refractivity (Wildman–Crippen MR) is 194 cm³/mol. The van der Waals surface area contributed by atoms with Crippen LogP contribution in [0.4, 0.5) is 24.5 Å². The van der Waals surface area contributed by atoms with Crippen molar-refractivity contribution < 1.29 is 32.3 Å². The number of methoxy groups -OCH3 is 1. The van der Waals surface area contributed by atoms with Crippen molar-refractivity contribution in [2.24, 2.45) is 0 Å². The minimum atomic E-state index is -4.45. The van der Waals surface area contributed by atoms with Crippen LogP contribution in [0, 0.1) is 0 Å². The van der Waals surface area contributed by atoms with Gasteiger partial charge in [-0.05, 0) is 64.7 Å². The number of anilines is 2. The molecular weight excluding hydrogens is 669 g/mol. The van der Waals surface area contributed by atoms with E-state index in [1.54, 1.807) is 60.7 Å². The fourth-order valence-electron chi connectivity index (χ4n) is 6.39. The van der Waals surface area contributed by atoms with Gasteiger partial charge in [0.25, 0.3) is 5.91 Å². The number of piperazine rings is 1. The number of hydrogen-bond acceptors (Lipinski definition) is 6. The Balaban J connectivity index is 1.11. The zero-order valence-electron chi connectivity index (χ0n) is 28.3. The third-order valence-corrected chi connectivity index (χ3v) is 9.08. The van der Waals surface area contributed by atoms with Gasteiger partial charge in [-0.3, -0.25) is 14.5 Å². The van der Waals surface area contributed by atoms with Crippen molar-refractivity contribution >= 4 is 29.2 Å². The zero-order chi connectivity index (χ0) is 36.7. The second-order valence-corrected chi connectivity index (χ2v) is 12.3. The molecule has 1 aliphatic heterocycles. The molecule has 266 valence electrons. The average molecular weight is 707 g/mol. The van der Waals surface area contributed by atoms with E-state index in [2.05, 4.69) is 20.4 Å². The molecule has 2 N–H and O–H groups in total. The number of nitrogens with one attached hydrogen (secondary N) is 2. The summed E-state index contributed by atoms with van der Waals surface area (Å²) in [7, 11) is 1.30. The number of ether oxygens (including phenoxy) is 1. The van der Waals surface area contributed by atoms with Gasteiger partial charge in [-0.2, -0.15) is 13.2 Å². The lowest BCUT2D eigenvalue weighted by Crippen LogP contribution is -2.51. The number of hydrogen-bond donors (Lipinski definition) is 2. The Hall–Kier alpha value is -5.94. The molecule has 1 aliphatic rings. The summed E-state index contributed by atoms with van der Waals surface area (Å²) in [6.45, 7) is 2.39. The van der Waals surface area contributed by atoms with Gasteiger partial charge in [0.05, 0.1) is 12.7 Å². The number of carbonyl (C=O) groups excluding carboxylic acids is 3. The summed E-state index contributed by atoms with van der Waals surface area (Å²) in [6, 6.07) is 35.8. The minimum absolute atomic E-state index is 0.307. The van der Waals surface area contributed by atoms with E-state index in [1.165, 1.54) is 19.2 Å². The van der Waals surface area contributed by atoms with Crippen LogP contribution in [0.5, 0.6) is 0 Å². The Bertz CT molecular complexity index is 1980. The van der Waals surface area contributed by atoms with Crippen molar-refractivity contribution in [2.45, 2.75) is 18.3 Å². The maximum atomic E-state index is 13.9. The molecule has 8 nitrogen and oxygen atoms in total. The first-order valence-corrected chi connectivity index (χ1v) is 16.8. The van der Waals surface area contributed by atoms with Crippen LogP contribution in [-0.2, 0) is 20.5 Å². The number of carbonyl (C=O) groups is 3. The van der Waals surface area contributed by atoms with Crippen LogP contribution in [0.3, 0.4) is 0 Å². The van der Waals surface area contributed by atoms with Gasteiger partial charge in [0.2, 0.25) is 5.91 Å². The fourth-order valence-corrected chi connectivity index (χ4v) is 6.39. The Morgan fingerprint density at radius 2 is 1.27 bits per heavy atom. The fraction of sp³-hybridized carbons (Fsp3) is 0.195. The van der Waals surface area contributed by atoms with Gasteiger partial charge in [-0.1, -0.05) is 91.0 Å². The first kappa shape index (κ1) is 35.9. The first-order valence-electron chi connectivity index (χ1n) is 16.8. The zero-order valence-corrected chi connectivity index (χ0v) is 28.3. The van der Waals surface area contributed by atoms with E-state index >= 15 is 0 Å². The summed E-state index contributed by atoms with van der Waals surface area (Å²) in [6.07, 6.45) is -4.45. The number of nitrogens with zero attached hydrogens (tertiary/aromatic N) is 2. The largest absolute Gasteiger partial charge is 0.467 e. The minimum Gasteiger partial charge on any atom is -0.467 e. The highest BCUT2D eigenvalue weighted by atomic mass is 19.4. The second-order valence-electron chi connectivity index (χ2n) is 12.3. The molecule has 6 rings (SSSR count). The van der Waals surface area contributed by atoms with Crippen molar-refractivity contribution in [2.75, 3.05) is 43.5 Å². The topological polar surface area (TPSA) is 91.0 Å². The predicted octanol–water partition coefficient (Wildman–Crippen LogP) is 7.52. The molecule has 0 spiro atoms. The highest BCUT2D eigenvalue weighted by molar-refractivity contribution is 6.08. The summed E-state index contributed by atoms with van der Waals surface area (Å²) >= 11 is 0. The molecule has 5 aromatic rings. The first-order chi connectivity index (χ1) is 25.1.